The fourth-order valence-electron chi connectivity index (χ4n) is 1.21. The van der Waals surface area contributed by atoms with E-state index >= 15 is 0 Å². The summed E-state index contributed by atoms with van der Waals surface area (Å²) in [7, 11) is 0. The van der Waals surface area contributed by atoms with Crippen LogP contribution in [-0.2, 0) is 16.0 Å². The Labute approximate surface area is 109 Å². The second-order valence-electron chi connectivity index (χ2n) is 4.77. The molecule has 1 aromatic heterocycles. The molecule has 18 heavy (non-hydrogen) atoms. The molecule has 100 valence electrons. The van der Waals surface area contributed by atoms with Gasteiger partial charge in [0.05, 0.1) is 0 Å². The molecule has 1 amide bonds. The van der Waals surface area contributed by atoms with E-state index in [-0.39, 0.29) is 6.42 Å². The number of rotatable bonds is 4. The molecule has 1 aromatic rings. The summed E-state index contributed by atoms with van der Waals surface area (Å²) in [4.78, 5) is 22.5. The van der Waals surface area contributed by atoms with Crippen molar-refractivity contribution in [3.8, 4) is 0 Å². The highest BCUT2D eigenvalue weighted by molar-refractivity contribution is 7.03. The Morgan fingerprint density at radius 1 is 1.56 bits per heavy atom. The molecule has 2 N–H and O–H groups in total. The molecule has 0 aliphatic carbocycles. The van der Waals surface area contributed by atoms with Gasteiger partial charge in [0.2, 0.25) is 0 Å². The van der Waals surface area contributed by atoms with Gasteiger partial charge in [0.1, 0.15) is 11.6 Å². The Bertz CT molecular complexity index is 411. The topological polar surface area (TPSA) is 88.5 Å². The Kier molecular flexibility index (Phi) is 4.66. The van der Waals surface area contributed by atoms with Crippen molar-refractivity contribution in [1.82, 2.24) is 9.69 Å². The zero-order valence-electron chi connectivity index (χ0n) is 10.5. The monoisotopic (exact) mass is 272 g/mol. The molecular formula is C11H16N2O4S. The first-order chi connectivity index (χ1) is 8.28. The predicted molar refractivity (Wildman–Crippen MR) is 66.6 cm³/mol. The molecule has 7 heteroatoms. The molecule has 1 heterocycles. The average molecular weight is 272 g/mol. The number of aromatic nitrogens is 1. The van der Waals surface area contributed by atoms with Crippen LogP contribution < -0.4 is 5.32 Å². The summed E-state index contributed by atoms with van der Waals surface area (Å²) in [5, 5.41) is 13.1. The highest BCUT2D eigenvalue weighted by Gasteiger charge is 2.24. The minimum atomic E-state index is -1.10. The van der Waals surface area contributed by atoms with Crippen LogP contribution in [0, 0.1) is 0 Å². The number of alkyl carbamates (subject to hydrolysis) is 1. The quantitative estimate of drug-likeness (QED) is 0.870. The van der Waals surface area contributed by atoms with E-state index in [2.05, 4.69) is 9.69 Å². The van der Waals surface area contributed by atoms with Gasteiger partial charge in [-0.25, -0.2) is 14.0 Å². The maximum Gasteiger partial charge on any atom is 0.408 e. The van der Waals surface area contributed by atoms with Crippen LogP contribution in [0.4, 0.5) is 4.79 Å². The second-order valence-corrected chi connectivity index (χ2v) is 5.43. The van der Waals surface area contributed by atoms with E-state index in [1.807, 2.05) is 0 Å². The van der Waals surface area contributed by atoms with E-state index in [1.165, 1.54) is 11.5 Å². The lowest BCUT2D eigenvalue weighted by Gasteiger charge is -2.21. The molecule has 1 rings (SSSR count). The smallest absolute Gasteiger partial charge is 0.408 e. The first-order valence-corrected chi connectivity index (χ1v) is 6.22. The van der Waals surface area contributed by atoms with Gasteiger partial charge in [-0.1, -0.05) is 0 Å². The summed E-state index contributed by atoms with van der Waals surface area (Å²) in [6, 6.07) is -1.02. The average Bonchev–Trinajstić information content (AvgIpc) is 2.66. The Morgan fingerprint density at radius 3 is 2.67 bits per heavy atom. The van der Waals surface area contributed by atoms with Crippen molar-refractivity contribution in [1.29, 1.82) is 0 Å². The van der Waals surface area contributed by atoms with E-state index in [0.29, 0.717) is 0 Å². The largest absolute Gasteiger partial charge is 0.480 e. The first kappa shape index (κ1) is 14.4. The first-order valence-electron chi connectivity index (χ1n) is 5.38. The fraction of sp³-hybridized carbons (Fsp3) is 0.545. The van der Waals surface area contributed by atoms with Gasteiger partial charge < -0.3 is 15.2 Å². The van der Waals surface area contributed by atoms with E-state index < -0.39 is 23.7 Å². The molecule has 0 saturated carbocycles. The highest BCUT2D eigenvalue weighted by Crippen LogP contribution is 2.09. The molecule has 0 saturated heterocycles. The normalized spacial score (nSPS) is 12.8. The third-order valence-corrected chi connectivity index (χ3v) is 2.55. The number of nitrogens with one attached hydrogen (secondary N) is 1. The van der Waals surface area contributed by atoms with Gasteiger partial charge in [0, 0.05) is 18.0 Å². The summed E-state index contributed by atoms with van der Waals surface area (Å²) in [6.07, 6.45) is 1.03. The van der Waals surface area contributed by atoms with Crippen LogP contribution in [0.5, 0.6) is 0 Å². The molecule has 0 aliphatic heterocycles. The summed E-state index contributed by atoms with van der Waals surface area (Å²) in [5.41, 5.74) is 0.111. The number of hydrogen-bond acceptors (Lipinski definition) is 5. The number of hydrogen-bond donors (Lipinski definition) is 2. The standard InChI is InChI=1S/C11H16N2O4S/c1-11(2,3)17-10(16)13-8(9(14)15)4-7-5-12-18-6-7/h5-6,8H,4H2,1-3H3,(H,13,16)(H,14,15)/t8-/m1/s1. The van der Waals surface area contributed by atoms with Gasteiger partial charge in [0.25, 0.3) is 0 Å². The van der Waals surface area contributed by atoms with Crippen LogP contribution >= 0.6 is 11.5 Å². The van der Waals surface area contributed by atoms with Crippen molar-refractivity contribution in [2.24, 2.45) is 0 Å². The van der Waals surface area contributed by atoms with Crippen molar-refractivity contribution >= 4 is 23.6 Å². The van der Waals surface area contributed by atoms with Gasteiger partial charge in [-0.3, -0.25) is 0 Å². The third kappa shape index (κ3) is 5.13. The lowest BCUT2D eigenvalue weighted by molar-refractivity contribution is -0.139. The molecule has 1 atom stereocenters. The van der Waals surface area contributed by atoms with Gasteiger partial charge in [-0.15, -0.1) is 0 Å². The maximum atomic E-state index is 11.5. The van der Waals surface area contributed by atoms with Crippen LogP contribution in [0.3, 0.4) is 0 Å². The molecule has 0 aliphatic rings. The summed E-state index contributed by atoms with van der Waals surface area (Å²) in [6.45, 7) is 5.14. The van der Waals surface area contributed by atoms with Crippen molar-refractivity contribution in [3.63, 3.8) is 0 Å². The highest BCUT2D eigenvalue weighted by atomic mass is 32.1. The summed E-state index contributed by atoms with van der Waals surface area (Å²) in [5.74, 6) is -1.10. The minimum Gasteiger partial charge on any atom is -0.480 e. The molecule has 0 aromatic carbocycles. The van der Waals surface area contributed by atoms with Crippen LogP contribution in [-0.4, -0.2) is 33.2 Å². The number of carboxylic acids is 1. The molecule has 6 nitrogen and oxygen atoms in total. The van der Waals surface area contributed by atoms with Crippen LogP contribution in [0.15, 0.2) is 11.6 Å². The molecular weight excluding hydrogens is 256 g/mol. The Hall–Kier alpha value is -1.63. The zero-order chi connectivity index (χ0) is 13.8. The number of aliphatic carboxylic acids is 1. The second kappa shape index (κ2) is 5.81. The van der Waals surface area contributed by atoms with E-state index in [0.717, 1.165) is 5.56 Å². The van der Waals surface area contributed by atoms with Crippen molar-refractivity contribution in [3.05, 3.63) is 17.1 Å². The van der Waals surface area contributed by atoms with E-state index in [1.54, 1.807) is 32.3 Å². The van der Waals surface area contributed by atoms with Crippen molar-refractivity contribution < 1.29 is 19.4 Å². The third-order valence-electron chi connectivity index (χ3n) is 1.91. The summed E-state index contributed by atoms with van der Waals surface area (Å²) >= 11 is 1.24. The molecule has 0 spiro atoms. The van der Waals surface area contributed by atoms with Crippen molar-refractivity contribution in [2.75, 3.05) is 0 Å². The lowest BCUT2D eigenvalue weighted by atomic mass is 10.1. The van der Waals surface area contributed by atoms with Gasteiger partial charge in [0.15, 0.2) is 0 Å². The lowest BCUT2D eigenvalue weighted by Crippen LogP contribution is -2.44. The number of carbonyl (C=O) groups excluding carboxylic acids is 1. The SMILES string of the molecule is CC(C)(C)OC(=O)N[C@H](Cc1cnsc1)C(=O)O. The predicted octanol–water partition coefficient (Wildman–Crippen LogP) is 1.66. The van der Waals surface area contributed by atoms with Gasteiger partial charge >= 0.3 is 12.1 Å². The number of ether oxygens (including phenoxy) is 1. The van der Waals surface area contributed by atoms with E-state index in [4.69, 9.17) is 9.84 Å². The molecule has 0 fully saturated rings. The Morgan fingerprint density at radius 2 is 2.22 bits per heavy atom. The summed E-state index contributed by atoms with van der Waals surface area (Å²) < 4.78 is 8.89. The number of carboxylic acid groups (broad SMARTS) is 1. The number of amides is 1. The molecule has 0 unspecified atom stereocenters. The Balaban J connectivity index is 2.58. The number of nitrogens with zero attached hydrogens (tertiary/aromatic N) is 1. The van der Waals surface area contributed by atoms with Crippen LogP contribution in [0.1, 0.15) is 26.3 Å². The van der Waals surface area contributed by atoms with Crippen LogP contribution in [0.2, 0.25) is 0 Å². The maximum absolute atomic E-state index is 11.5. The van der Waals surface area contributed by atoms with Gasteiger partial charge in [-0.05, 0) is 37.9 Å². The number of carbonyl (C=O) groups is 2. The van der Waals surface area contributed by atoms with E-state index in [9.17, 15) is 9.59 Å². The van der Waals surface area contributed by atoms with Gasteiger partial charge in [-0.2, -0.15) is 0 Å². The van der Waals surface area contributed by atoms with Crippen LogP contribution in [0.25, 0.3) is 0 Å². The van der Waals surface area contributed by atoms with Crippen molar-refractivity contribution in [2.45, 2.75) is 38.8 Å². The zero-order valence-corrected chi connectivity index (χ0v) is 11.3. The minimum absolute atomic E-state index is 0.186. The molecule has 0 bridgehead atoms. The fourth-order valence-corrected chi connectivity index (χ4v) is 1.76. The molecule has 0 radical (unpaired) electrons.